The van der Waals surface area contributed by atoms with Crippen molar-refractivity contribution in [1.29, 1.82) is 0 Å². The number of nitrogens with zero attached hydrogens (tertiary/aromatic N) is 2. The van der Waals surface area contributed by atoms with Crippen LogP contribution in [0.2, 0.25) is 0 Å². The summed E-state index contributed by atoms with van der Waals surface area (Å²) in [6.45, 7) is 2.27. The van der Waals surface area contributed by atoms with Gasteiger partial charge in [-0.15, -0.1) is 0 Å². The van der Waals surface area contributed by atoms with Crippen molar-refractivity contribution in [2.45, 2.75) is 77.6 Å². The van der Waals surface area contributed by atoms with Crippen LogP contribution in [-0.4, -0.2) is 9.97 Å². The van der Waals surface area contributed by atoms with E-state index in [4.69, 9.17) is 0 Å². The maximum atomic E-state index is 13.4. The minimum Gasteiger partial charge on any atom is -0.236 e. The van der Waals surface area contributed by atoms with Crippen molar-refractivity contribution in [2.75, 3.05) is 0 Å². The molecule has 0 amide bonds. The Labute approximate surface area is 167 Å². The van der Waals surface area contributed by atoms with Gasteiger partial charge in [0.2, 0.25) is 0 Å². The van der Waals surface area contributed by atoms with Crippen LogP contribution in [0.4, 0.5) is 8.78 Å². The molecule has 28 heavy (non-hydrogen) atoms. The second-order valence-corrected chi connectivity index (χ2v) is 8.32. The van der Waals surface area contributed by atoms with Crippen molar-refractivity contribution in [3.05, 3.63) is 47.8 Å². The Morgan fingerprint density at radius 1 is 0.857 bits per heavy atom. The molecule has 0 saturated heterocycles. The quantitative estimate of drug-likeness (QED) is 0.428. The van der Waals surface area contributed by atoms with Gasteiger partial charge in [-0.1, -0.05) is 64.7 Å². The molecule has 0 bridgehead atoms. The van der Waals surface area contributed by atoms with Crippen LogP contribution in [0.15, 0.2) is 30.6 Å². The second-order valence-electron chi connectivity index (χ2n) is 8.32. The molecule has 0 spiro atoms. The lowest BCUT2D eigenvalue weighted by Gasteiger charge is -2.28. The summed E-state index contributed by atoms with van der Waals surface area (Å²) in [5.74, 6) is 0.484. The molecular formula is C24H32F2N2. The Morgan fingerprint density at radius 2 is 1.54 bits per heavy atom. The zero-order chi connectivity index (χ0) is 19.8. The third kappa shape index (κ3) is 6.08. The minimum absolute atomic E-state index is 0.436. The highest BCUT2D eigenvalue weighted by atomic mass is 19.2. The van der Waals surface area contributed by atoms with Gasteiger partial charge in [0.25, 0.3) is 0 Å². The van der Waals surface area contributed by atoms with Crippen LogP contribution in [0.5, 0.6) is 0 Å². The minimum atomic E-state index is -0.869. The normalized spacial score (nSPS) is 19.7. The number of aryl methyl sites for hydroxylation is 1. The number of hydrogen-bond donors (Lipinski definition) is 0. The van der Waals surface area contributed by atoms with Crippen LogP contribution in [0.3, 0.4) is 0 Å². The van der Waals surface area contributed by atoms with Crippen molar-refractivity contribution < 1.29 is 8.78 Å². The first-order valence-electron chi connectivity index (χ1n) is 10.9. The van der Waals surface area contributed by atoms with Crippen LogP contribution in [0, 0.1) is 23.5 Å². The molecule has 0 N–H and O–H groups in total. The molecule has 2 nitrogen and oxygen atoms in total. The first-order valence-corrected chi connectivity index (χ1v) is 10.9. The lowest BCUT2D eigenvalue weighted by atomic mass is 9.78. The average Bonchev–Trinajstić information content (AvgIpc) is 2.73. The summed E-state index contributed by atoms with van der Waals surface area (Å²) in [6.07, 6.45) is 18.2. The fourth-order valence-corrected chi connectivity index (χ4v) is 4.31. The predicted molar refractivity (Wildman–Crippen MR) is 110 cm³/mol. The third-order valence-electron chi connectivity index (χ3n) is 6.16. The lowest BCUT2D eigenvalue weighted by molar-refractivity contribution is 0.249. The fourth-order valence-electron chi connectivity index (χ4n) is 4.31. The molecule has 0 radical (unpaired) electrons. The molecule has 1 aliphatic carbocycles. The Morgan fingerprint density at radius 3 is 2.18 bits per heavy atom. The van der Waals surface area contributed by atoms with E-state index in [0.29, 0.717) is 11.4 Å². The van der Waals surface area contributed by atoms with Crippen LogP contribution in [0.1, 0.15) is 76.7 Å². The molecule has 1 heterocycles. The standard InChI is InChI=1S/C24H32F2N2/c1-2-3-4-5-6-18-7-9-19(10-8-18)11-12-20-16-27-24(28-17-20)21-13-14-22(25)23(26)15-21/h13-19H,2-12H2,1H3/t18-,19-. The summed E-state index contributed by atoms with van der Waals surface area (Å²) in [4.78, 5) is 8.69. The van der Waals surface area contributed by atoms with Crippen LogP contribution < -0.4 is 0 Å². The highest BCUT2D eigenvalue weighted by Crippen LogP contribution is 2.34. The SMILES string of the molecule is CCCCCC[C@H]1CC[C@H](CCc2cnc(-c3ccc(F)c(F)c3)nc2)CC1. The summed E-state index contributed by atoms with van der Waals surface area (Å²) in [6, 6.07) is 3.77. The van der Waals surface area contributed by atoms with E-state index in [9.17, 15) is 8.78 Å². The molecule has 0 atom stereocenters. The summed E-state index contributed by atoms with van der Waals surface area (Å²) in [5.41, 5.74) is 1.62. The molecule has 1 aliphatic rings. The number of halogens is 2. The zero-order valence-electron chi connectivity index (χ0n) is 17.0. The Kier molecular flexibility index (Phi) is 7.93. The maximum Gasteiger partial charge on any atom is 0.159 e. The van der Waals surface area contributed by atoms with Gasteiger partial charge in [0.05, 0.1) is 0 Å². The van der Waals surface area contributed by atoms with Gasteiger partial charge in [-0.3, -0.25) is 0 Å². The molecule has 1 aromatic carbocycles. The maximum absolute atomic E-state index is 13.4. The van der Waals surface area contributed by atoms with E-state index in [2.05, 4.69) is 16.9 Å². The van der Waals surface area contributed by atoms with Crippen LogP contribution in [0.25, 0.3) is 11.4 Å². The first kappa shape index (κ1) is 20.9. The Bertz CT molecular complexity index is 722. The summed E-state index contributed by atoms with van der Waals surface area (Å²) in [5, 5.41) is 0. The molecule has 1 aromatic heterocycles. The Hall–Kier alpha value is -1.84. The molecule has 2 aromatic rings. The van der Waals surface area contributed by atoms with Gasteiger partial charge in [0.1, 0.15) is 0 Å². The summed E-state index contributed by atoms with van der Waals surface area (Å²) < 4.78 is 26.4. The van der Waals surface area contributed by atoms with Gasteiger partial charge < -0.3 is 0 Å². The largest absolute Gasteiger partial charge is 0.236 e. The topological polar surface area (TPSA) is 25.8 Å². The van der Waals surface area contributed by atoms with Gasteiger partial charge in [-0.25, -0.2) is 18.7 Å². The molecule has 0 unspecified atom stereocenters. The van der Waals surface area contributed by atoms with Crippen LogP contribution in [-0.2, 0) is 6.42 Å². The molecule has 1 fully saturated rings. The summed E-state index contributed by atoms with van der Waals surface area (Å²) in [7, 11) is 0. The van der Waals surface area contributed by atoms with Crippen molar-refractivity contribution in [1.82, 2.24) is 9.97 Å². The number of hydrogen-bond acceptors (Lipinski definition) is 2. The van der Waals surface area contributed by atoms with E-state index in [1.165, 1.54) is 70.3 Å². The van der Waals surface area contributed by atoms with E-state index in [1.807, 2.05) is 12.4 Å². The summed E-state index contributed by atoms with van der Waals surface area (Å²) >= 11 is 0. The molecule has 4 heteroatoms. The van der Waals surface area contributed by atoms with Crippen molar-refractivity contribution in [2.24, 2.45) is 11.8 Å². The molecular weight excluding hydrogens is 354 g/mol. The van der Waals surface area contributed by atoms with Crippen molar-refractivity contribution in [3.8, 4) is 11.4 Å². The highest BCUT2D eigenvalue weighted by molar-refractivity contribution is 5.54. The second kappa shape index (κ2) is 10.6. The van der Waals surface area contributed by atoms with Gasteiger partial charge in [-0.2, -0.15) is 0 Å². The van der Waals surface area contributed by atoms with Gasteiger partial charge >= 0.3 is 0 Å². The van der Waals surface area contributed by atoms with E-state index in [1.54, 1.807) is 0 Å². The first-order chi connectivity index (χ1) is 13.7. The molecule has 152 valence electrons. The number of aromatic nitrogens is 2. The average molecular weight is 387 g/mol. The van der Waals surface area contributed by atoms with Crippen molar-refractivity contribution in [3.63, 3.8) is 0 Å². The van der Waals surface area contributed by atoms with Gasteiger partial charge in [-0.05, 0) is 48.4 Å². The Balaban J connectivity index is 1.41. The van der Waals surface area contributed by atoms with E-state index >= 15 is 0 Å². The fraction of sp³-hybridized carbons (Fsp3) is 0.583. The monoisotopic (exact) mass is 386 g/mol. The highest BCUT2D eigenvalue weighted by Gasteiger charge is 2.20. The molecule has 0 aliphatic heterocycles. The number of unbranched alkanes of at least 4 members (excludes halogenated alkanes) is 3. The van der Waals surface area contributed by atoms with Gasteiger partial charge in [0, 0.05) is 18.0 Å². The van der Waals surface area contributed by atoms with E-state index in [0.717, 1.165) is 36.0 Å². The third-order valence-corrected chi connectivity index (χ3v) is 6.16. The predicted octanol–water partition coefficient (Wildman–Crippen LogP) is 7.13. The molecule has 3 rings (SSSR count). The number of benzene rings is 1. The van der Waals surface area contributed by atoms with Gasteiger partial charge in [0.15, 0.2) is 17.5 Å². The molecule has 1 saturated carbocycles. The van der Waals surface area contributed by atoms with E-state index < -0.39 is 11.6 Å². The van der Waals surface area contributed by atoms with E-state index in [-0.39, 0.29) is 0 Å². The number of rotatable bonds is 9. The smallest absolute Gasteiger partial charge is 0.159 e. The lowest BCUT2D eigenvalue weighted by Crippen LogP contribution is -2.15. The van der Waals surface area contributed by atoms with Crippen LogP contribution >= 0.6 is 0 Å². The zero-order valence-corrected chi connectivity index (χ0v) is 17.0. The van der Waals surface area contributed by atoms with Crippen molar-refractivity contribution >= 4 is 0 Å².